The third-order valence-electron chi connectivity index (χ3n) is 10.3. The van der Waals surface area contributed by atoms with Crippen LogP contribution in [-0.2, 0) is 14.4 Å². The van der Waals surface area contributed by atoms with Gasteiger partial charge < -0.3 is 16.0 Å². The Morgan fingerprint density at radius 1 is 0.746 bits per heavy atom. The second-order valence-electron chi connectivity index (χ2n) is 14.6. The second kappa shape index (κ2) is 20.1. The fraction of sp³-hybridized carbons (Fsp3) is 0.395. The maximum Gasteiger partial charge on any atom is 0.259 e. The van der Waals surface area contributed by atoms with E-state index >= 15 is 0 Å². The predicted octanol–water partition coefficient (Wildman–Crippen LogP) is 8.51. The zero-order chi connectivity index (χ0) is 42.1. The number of nitrogens with one attached hydrogen (secondary N) is 4. The minimum absolute atomic E-state index is 0.0527. The smallest absolute Gasteiger partial charge is 0.259 e. The molecule has 1 aliphatic heterocycles. The standard InChI is InChI=1S/C43H50ClN9O4S2/c1-25-27(3)58-42-38(25)39(30-18-20-31(44)21-19-30)49-34(40-52-51-29(5)53(40)42)24-37(56)46-23-22-45-35(54)16-10-8-6-7-9-11-17-36(55)48-33-15-13-12-14-32(33)41(57)50-43-47-26(2)28(4)59-43/h12-15,18-21,34H,6-11,16-17,22-24H2,1-5H3,(H,45,54)(H,46,56)(H,48,55)(H,47,50,57). The lowest BCUT2D eigenvalue weighted by Crippen LogP contribution is -2.35. The minimum atomic E-state index is -0.570. The van der Waals surface area contributed by atoms with Crippen LogP contribution >= 0.6 is 34.3 Å². The summed E-state index contributed by atoms with van der Waals surface area (Å²) >= 11 is 9.29. The van der Waals surface area contributed by atoms with Gasteiger partial charge in [-0.15, -0.1) is 32.9 Å². The van der Waals surface area contributed by atoms with Gasteiger partial charge in [-0.25, -0.2) is 4.98 Å². The molecule has 1 atom stereocenters. The van der Waals surface area contributed by atoms with Crippen molar-refractivity contribution in [1.82, 2.24) is 30.4 Å². The van der Waals surface area contributed by atoms with Crippen LogP contribution in [0, 0.1) is 34.6 Å². The highest BCUT2D eigenvalue weighted by atomic mass is 35.5. The van der Waals surface area contributed by atoms with Crippen molar-refractivity contribution in [3.63, 3.8) is 0 Å². The van der Waals surface area contributed by atoms with E-state index in [9.17, 15) is 19.2 Å². The molecule has 3 aromatic heterocycles. The molecule has 0 saturated carbocycles. The summed E-state index contributed by atoms with van der Waals surface area (Å²) in [7, 11) is 0. The molecular formula is C43H50ClN9O4S2. The van der Waals surface area contributed by atoms with Crippen LogP contribution in [0.5, 0.6) is 0 Å². The molecule has 6 rings (SSSR count). The van der Waals surface area contributed by atoms with Crippen molar-refractivity contribution in [1.29, 1.82) is 0 Å². The molecule has 13 nitrogen and oxygen atoms in total. The van der Waals surface area contributed by atoms with Gasteiger partial charge in [0.25, 0.3) is 5.91 Å². The highest BCUT2D eigenvalue weighted by molar-refractivity contribution is 7.16. The zero-order valence-corrected chi connectivity index (χ0v) is 36.4. The monoisotopic (exact) mass is 855 g/mol. The van der Waals surface area contributed by atoms with Crippen molar-refractivity contribution in [2.45, 2.75) is 98.4 Å². The van der Waals surface area contributed by atoms with E-state index in [0.29, 0.717) is 53.2 Å². The van der Waals surface area contributed by atoms with Gasteiger partial charge in [-0.1, -0.05) is 61.5 Å². The van der Waals surface area contributed by atoms with Gasteiger partial charge in [-0.2, -0.15) is 0 Å². The molecule has 1 unspecified atom stereocenters. The molecule has 59 heavy (non-hydrogen) atoms. The molecule has 4 amide bonds. The summed E-state index contributed by atoms with van der Waals surface area (Å²) in [4.78, 5) is 63.0. The van der Waals surface area contributed by atoms with Crippen molar-refractivity contribution in [2.75, 3.05) is 23.7 Å². The number of halogens is 1. The molecule has 310 valence electrons. The largest absolute Gasteiger partial charge is 0.354 e. The highest BCUT2D eigenvalue weighted by Crippen LogP contribution is 2.39. The molecule has 0 aliphatic carbocycles. The summed E-state index contributed by atoms with van der Waals surface area (Å²) in [6.07, 6.45) is 6.06. The number of aryl methyl sites for hydroxylation is 4. The number of hydrogen-bond donors (Lipinski definition) is 4. The van der Waals surface area contributed by atoms with E-state index in [4.69, 9.17) is 16.6 Å². The molecule has 0 fully saturated rings. The Morgan fingerprint density at radius 3 is 2.10 bits per heavy atom. The second-order valence-corrected chi connectivity index (χ2v) is 17.5. The van der Waals surface area contributed by atoms with Crippen LogP contribution in [0.2, 0.25) is 5.02 Å². The quantitative estimate of drug-likeness (QED) is 0.0640. The van der Waals surface area contributed by atoms with Crippen molar-refractivity contribution < 1.29 is 19.2 Å². The molecule has 0 saturated heterocycles. The van der Waals surface area contributed by atoms with E-state index in [1.807, 2.05) is 49.6 Å². The molecule has 1 aliphatic rings. The minimum Gasteiger partial charge on any atom is -0.354 e. The first kappa shape index (κ1) is 43.3. The van der Waals surface area contributed by atoms with Gasteiger partial charge in [0.1, 0.15) is 16.9 Å². The lowest BCUT2D eigenvalue weighted by molar-refractivity contribution is -0.123. The van der Waals surface area contributed by atoms with Crippen LogP contribution in [-0.4, -0.2) is 62.2 Å². The zero-order valence-electron chi connectivity index (χ0n) is 34.0. The number of benzene rings is 2. The molecule has 4 heterocycles. The van der Waals surface area contributed by atoms with Crippen molar-refractivity contribution in [3.05, 3.63) is 103 Å². The summed E-state index contributed by atoms with van der Waals surface area (Å²) in [6, 6.07) is 13.9. The normalized spacial score (nSPS) is 13.2. The Balaban J connectivity index is 0.870. The average Bonchev–Trinajstić information content (AvgIpc) is 3.81. The Morgan fingerprint density at radius 2 is 1.41 bits per heavy atom. The Kier molecular flexibility index (Phi) is 14.8. The number of aromatic nitrogens is 4. The van der Waals surface area contributed by atoms with Crippen LogP contribution < -0.4 is 21.3 Å². The number of hydrogen-bond acceptors (Lipinski definition) is 10. The highest BCUT2D eigenvalue weighted by Gasteiger charge is 2.32. The first-order valence-corrected chi connectivity index (χ1v) is 21.9. The SMILES string of the molecule is Cc1nc(NC(=O)c2ccccc2NC(=O)CCCCCCCCC(=O)NCCNC(=O)CC2N=C(c3ccc(Cl)cc3)c3c(sc(C)c3C)-n3c(C)nnc32)sc1C. The number of anilines is 2. The summed E-state index contributed by atoms with van der Waals surface area (Å²) in [6.45, 7) is 10.5. The van der Waals surface area contributed by atoms with Crippen molar-refractivity contribution in [3.8, 4) is 5.00 Å². The topological polar surface area (TPSA) is 172 Å². The molecule has 0 radical (unpaired) electrons. The summed E-state index contributed by atoms with van der Waals surface area (Å²) in [5.41, 5.74) is 5.55. The fourth-order valence-electron chi connectivity index (χ4n) is 6.84. The van der Waals surface area contributed by atoms with Crippen LogP contribution in [0.4, 0.5) is 10.8 Å². The Hall–Kier alpha value is -5.25. The molecule has 5 aromatic rings. The van der Waals surface area contributed by atoms with E-state index in [2.05, 4.69) is 50.3 Å². The lowest BCUT2D eigenvalue weighted by atomic mass is 9.99. The number of amides is 4. The number of thiophene rings is 1. The number of rotatable bonds is 18. The molecular weight excluding hydrogens is 806 g/mol. The van der Waals surface area contributed by atoms with Gasteiger partial charge in [-0.3, -0.25) is 34.1 Å². The van der Waals surface area contributed by atoms with Crippen LogP contribution in [0.15, 0.2) is 53.5 Å². The maximum absolute atomic E-state index is 13.2. The van der Waals surface area contributed by atoms with E-state index in [0.717, 1.165) is 82.3 Å². The number of thiazole rings is 1. The molecule has 4 N–H and O–H groups in total. The van der Waals surface area contributed by atoms with Crippen LogP contribution in [0.1, 0.15) is 118 Å². The van der Waals surface area contributed by atoms with Crippen LogP contribution in [0.3, 0.4) is 0 Å². The van der Waals surface area contributed by atoms with Gasteiger partial charge in [0.2, 0.25) is 17.7 Å². The molecule has 2 aromatic carbocycles. The van der Waals surface area contributed by atoms with Crippen LogP contribution in [0.25, 0.3) is 5.00 Å². The van der Waals surface area contributed by atoms with Gasteiger partial charge in [0.05, 0.1) is 29.1 Å². The average molecular weight is 857 g/mol. The number of para-hydroxylation sites is 1. The number of nitrogens with zero attached hydrogens (tertiary/aromatic N) is 5. The van der Waals surface area contributed by atoms with Gasteiger partial charge >= 0.3 is 0 Å². The summed E-state index contributed by atoms with van der Waals surface area (Å²) in [5.74, 6) is 0.632. The third-order valence-corrected chi connectivity index (χ3v) is 12.7. The molecule has 0 bridgehead atoms. The van der Waals surface area contributed by atoms with Crippen molar-refractivity contribution in [2.24, 2.45) is 4.99 Å². The van der Waals surface area contributed by atoms with E-state index in [1.54, 1.807) is 35.6 Å². The van der Waals surface area contributed by atoms with E-state index in [-0.39, 0.29) is 30.0 Å². The summed E-state index contributed by atoms with van der Waals surface area (Å²) < 4.78 is 2.02. The number of carbonyl (C=O) groups excluding carboxylic acids is 4. The first-order valence-electron chi connectivity index (χ1n) is 19.9. The van der Waals surface area contributed by atoms with Gasteiger partial charge in [0.15, 0.2) is 11.0 Å². The fourth-order valence-corrected chi connectivity index (χ4v) is 8.99. The number of fused-ring (bicyclic) bond motifs is 3. The van der Waals surface area contributed by atoms with Crippen molar-refractivity contribution >= 4 is 74.4 Å². The predicted molar refractivity (Wildman–Crippen MR) is 235 cm³/mol. The lowest BCUT2D eigenvalue weighted by Gasteiger charge is -2.13. The Labute approximate surface area is 357 Å². The first-order chi connectivity index (χ1) is 28.4. The van der Waals surface area contributed by atoms with E-state index in [1.165, 1.54) is 16.2 Å². The molecule has 0 spiro atoms. The number of aliphatic imine (C=N–C) groups is 1. The van der Waals surface area contributed by atoms with Gasteiger partial charge in [-0.05, 0) is 77.3 Å². The Bertz CT molecular complexity index is 2330. The van der Waals surface area contributed by atoms with Gasteiger partial charge in [0, 0.05) is 51.8 Å². The number of carbonyl (C=O) groups is 4. The maximum atomic E-state index is 13.2. The van der Waals surface area contributed by atoms with E-state index < -0.39 is 6.04 Å². The summed E-state index contributed by atoms with van der Waals surface area (Å²) in [5, 5.41) is 22.5. The number of unbranched alkanes of at least 4 members (excludes halogenated alkanes) is 5. The third kappa shape index (κ3) is 11.1. The molecule has 16 heteroatoms.